The van der Waals surface area contributed by atoms with Gasteiger partial charge in [-0.2, -0.15) is 0 Å². The zero-order valence-corrected chi connectivity index (χ0v) is 14.7. The van der Waals surface area contributed by atoms with Crippen molar-refractivity contribution in [2.75, 3.05) is 20.3 Å². The SMILES string of the molecule is COCCC(C)(C)CNC(=O)C1CCC(N)C(C)C1(C)C. The second kappa shape index (κ2) is 7.10. The molecule has 124 valence electrons. The van der Waals surface area contributed by atoms with Gasteiger partial charge in [0.25, 0.3) is 0 Å². The Hall–Kier alpha value is -0.610. The Morgan fingerprint density at radius 2 is 2.00 bits per heavy atom. The van der Waals surface area contributed by atoms with Gasteiger partial charge in [0, 0.05) is 32.2 Å². The van der Waals surface area contributed by atoms with Gasteiger partial charge in [0.2, 0.25) is 5.91 Å². The molecule has 3 atom stereocenters. The molecule has 3 N–H and O–H groups in total. The third-order valence-electron chi connectivity index (χ3n) is 5.54. The maximum Gasteiger partial charge on any atom is 0.223 e. The van der Waals surface area contributed by atoms with E-state index in [0.29, 0.717) is 12.5 Å². The summed E-state index contributed by atoms with van der Waals surface area (Å²) < 4.78 is 5.13. The summed E-state index contributed by atoms with van der Waals surface area (Å²) >= 11 is 0. The molecular formula is C17H34N2O2. The average molecular weight is 298 g/mol. The van der Waals surface area contributed by atoms with Crippen molar-refractivity contribution in [1.82, 2.24) is 5.32 Å². The molecule has 1 aliphatic rings. The van der Waals surface area contributed by atoms with Crippen molar-refractivity contribution in [2.24, 2.45) is 28.4 Å². The summed E-state index contributed by atoms with van der Waals surface area (Å²) in [6, 6.07) is 0.210. The van der Waals surface area contributed by atoms with Crippen LogP contribution >= 0.6 is 0 Å². The van der Waals surface area contributed by atoms with Gasteiger partial charge in [-0.05, 0) is 36.0 Å². The average Bonchev–Trinajstić information content (AvgIpc) is 2.40. The summed E-state index contributed by atoms with van der Waals surface area (Å²) in [6.07, 6.45) is 2.78. The van der Waals surface area contributed by atoms with E-state index in [1.807, 2.05) is 0 Å². The molecule has 0 aromatic heterocycles. The molecule has 0 radical (unpaired) electrons. The fourth-order valence-corrected chi connectivity index (χ4v) is 3.24. The highest BCUT2D eigenvalue weighted by Crippen LogP contribution is 2.44. The maximum absolute atomic E-state index is 12.6. The summed E-state index contributed by atoms with van der Waals surface area (Å²) in [4.78, 5) is 12.6. The minimum absolute atomic E-state index is 0.0432. The van der Waals surface area contributed by atoms with E-state index in [2.05, 4.69) is 39.9 Å². The van der Waals surface area contributed by atoms with Crippen LogP contribution in [0, 0.1) is 22.7 Å². The van der Waals surface area contributed by atoms with E-state index in [1.54, 1.807) is 7.11 Å². The number of amides is 1. The topological polar surface area (TPSA) is 64.3 Å². The fraction of sp³-hybridized carbons (Fsp3) is 0.941. The second-order valence-electron chi connectivity index (χ2n) is 8.03. The number of nitrogens with one attached hydrogen (secondary N) is 1. The van der Waals surface area contributed by atoms with Crippen molar-refractivity contribution < 1.29 is 9.53 Å². The number of carbonyl (C=O) groups is 1. The first kappa shape index (κ1) is 18.4. The Morgan fingerprint density at radius 3 is 2.57 bits per heavy atom. The van der Waals surface area contributed by atoms with Crippen molar-refractivity contribution in [1.29, 1.82) is 0 Å². The highest BCUT2D eigenvalue weighted by molar-refractivity contribution is 5.79. The van der Waals surface area contributed by atoms with Gasteiger partial charge in [0.05, 0.1) is 0 Å². The molecule has 1 aliphatic carbocycles. The van der Waals surface area contributed by atoms with Crippen LogP contribution in [0.4, 0.5) is 0 Å². The van der Waals surface area contributed by atoms with Gasteiger partial charge >= 0.3 is 0 Å². The summed E-state index contributed by atoms with van der Waals surface area (Å²) in [5.41, 5.74) is 6.19. The van der Waals surface area contributed by atoms with Crippen LogP contribution in [-0.4, -0.2) is 32.2 Å². The first-order valence-corrected chi connectivity index (χ1v) is 8.14. The number of ether oxygens (including phenoxy) is 1. The van der Waals surface area contributed by atoms with Crippen LogP contribution in [0.5, 0.6) is 0 Å². The van der Waals surface area contributed by atoms with Gasteiger partial charge in [-0.25, -0.2) is 0 Å². The minimum atomic E-state index is -0.0432. The zero-order valence-electron chi connectivity index (χ0n) is 14.7. The standard InChI is InChI=1S/C17H34N2O2/c1-12-14(18)8-7-13(17(12,4)5)15(20)19-11-16(2,3)9-10-21-6/h12-14H,7-11,18H2,1-6H3,(H,19,20). The summed E-state index contributed by atoms with van der Waals surface area (Å²) in [5.74, 6) is 0.610. The van der Waals surface area contributed by atoms with Gasteiger partial charge in [-0.3, -0.25) is 4.79 Å². The van der Waals surface area contributed by atoms with Crippen molar-refractivity contribution >= 4 is 5.91 Å². The third kappa shape index (κ3) is 4.68. The molecule has 0 aromatic carbocycles. The maximum atomic E-state index is 12.6. The summed E-state index contributed by atoms with van der Waals surface area (Å²) in [6.45, 7) is 12.3. The van der Waals surface area contributed by atoms with Crippen molar-refractivity contribution in [3.63, 3.8) is 0 Å². The van der Waals surface area contributed by atoms with Gasteiger partial charge in [-0.1, -0.05) is 34.6 Å². The molecule has 0 aliphatic heterocycles. The van der Waals surface area contributed by atoms with Crippen LogP contribution in [0.25, 0.3) is 0 Å². The van der Waals surface area contributed by atoms with Crippen molar-refractivity contribution in [2.45, 2.75) is 59.9 Å². The van der Waals surface area contributed by atoms with Crippen molar-refractivity contribution in [3.05, 3.63) is 0 Å². The van der Waals surface area contributed by atoms with E-state index in [-0.39, 0.29) is 28.7 Å². The van der Waals surface area contributed by atoms with Gasteiger partial charge < -0.3 is 15.8 Å². The minimum Gasteiger partial charge on any atom is -0.385 e. The van der Waals surface area contributed by atoms with E-state index in [1.165, 1.54) is 0 Å². The van der Waals surface area contributed by atoms with Crippen LogP contribution in [0.15, 0.2) is 0 Å². The largest absolute Gasteiger partial charge is 0.385 e. The fourth-order valence-electron chi connectivity index (χ4n) is 3.24. The van der Waals surface area contributed by atoms with Crippen LogP contribution in [-0.2, 0) is 9.53 Å². The molecular weight excluding hydrogens is 264 g/mol. The Bertz CT molecular complexity index is 353. The summed E-state index contributed by atoms with van der Waals surface area (Å²) in [5, 5.41) is 3.16. The van der Waals surface area contributed by atoms with Gasteiger partial charge in [0.1, 0.15) is 0 Å². The molecule has 4 nitrogen and oxygen atoms in total. The van der Waals surface area contributed by atoms with Crippen LogP contribution < -0.4 is 11.1 Å². The lowest BCUT2D eigenvalue weighted by Gasteiger charge is -2.46. The Labute approximate surface area is 130 Å². The third-order valence-corrected chi connectivity index (χ3v) is 5.54. The molecule has 0 aromatic rings. The van der Waals surface area contributed by atoms with E-state index < -0.39 is 0 Å². The number of hydrogen-bond donors (Lipinski definition) is 2. The molecule has 0 bridgehead atoms. The number of carbonyl (C=O) groups excluding carboxylic acids is 1. The number of methoxy groups -OCH3 is 1. The first-order valence-electron chi connectivity index (χ1n) is 8.14. The second-order valence-corrected chi connectivity index (χ2v) is 8.03. The number of hydrogen-bond acceptors (Lipinski definition) is 3. The Balaban J connectivity index is 2.59. The van der Waals surface area contributed by atoms with Gasteiger partial charge in [-0.15, -0.1) is 0 Å². The molecule has 3 unspecified atom stereocenters. The molecule has 1 rings (SSSR count). The Kier molecular flexibility index (Phi) is 6.23. The van der Waals surface area contributed by atoms with E-state index in [9.17, 15) is 4.79 Å². The highest BCUT2D eigenvalue weighted by atomic mass is 16.5. The number of rotatable bonds is 6. The molecule has 0 spiro atoms. The monoisotopic (exact) mass is 298 g/mol. The van der Waals surface area contributed by atoms with E-state index in [4.69, 9.17) is 10.5 Å². The Morgan fingerprint density at radius 1 is 1.38 bits per heavy atom. The molecule has 0 heterocycles. The van der Waals surface area contributed by atoms with Crippen LogP contribution in [0.2, 0.25) is 0 Å². The number of nitrogens with two attached hydrogens (primary N) is 1. The molecule has 0 saturated heterocycles. The molecule has 21 heavy (non-hydrogen) atoms. The lowest BCUT2D eigenvalue weighted by Crippen LogP contribution is -2.52. The lowest BCUT2D eigenvalue weighted by molar-refractivity contribution is -0.133. The first-order chi connectivity index (χ1) is 9.62. The van der Waals surface area contributed by atoms with E-state index >= 15 is 0 Å². The van der Waals surface area contributed by atoms with E-state index in [0.717, 1.165) is 25.9 Å². The quantitative estimate of drug-likeness (QED) is 0.792. The zero-order chi connectivity index (χ0) is 16.3. The van der Waals surface area contributed by atoms with Crippen LogP contribution in [0.3, 0.4) is 0 Å². The molecule has 1 amide bonds. The van der Waals surface area contributed by atoms with Crippen molar-refractivity contribution in [3.8, 4) is 0 Å². The summed E-state index contributed by atoms with van der Waals surface area (Å²) in [7, 11) is 1.71. The highest BCUT2D eigenvalue weighted by Gasteiger charge is 2.45. The van der Waals surface area contributed by atoms with Crippen LogP contribution in [0.1, 0.15) is 53.9 Å². The lowest BCUT2D eigenvalue weighted by atomic mass is 9.61. The molecule has 4 heteroatoms. The molecule has 1 fully saturated rings. The normalized spacial score (nSPS) is 29.2. The smallest absolute Gasteiger partial charge is 0.223 e. The predicted octanol–water partition coefficient (Wildman–Crippen LogP) is 2.56. The molecule has 1 saturated carbocycles. The predicted molar refractivity (Wildman–Crippen MR) is 86.9 cm³/mol. The van der Waals surface area contributed by atoms with Gasteiger partial charge in [0.15, 0.2) is 0 Å².